The van der Waals surface area contributed by atoms with Gasteiger partial charge in [-0.05, 0) is 47.2 Å². The molecule has 0 aliphatic carbocycles. The molecule has 0 amide bonds. The average molecular weight is 396 g/mol. The van der Waals surface area contributed by atoms with E-state index in [1.807, 2.05) is 24.3 Å². The quantitative estimate of drug-likeness (QED) is 0.223. The van der Waals surface area contributed by atoms with Crippen molar-refractivity contribution in [2.24, 2.45) is 0 Å². The number of rotatable bonds is 2. The number of nitrogens with zero attached hydrogens (tertiary/aromatic N) is 2. The topological polar surface area (TPSA) is 25.8 Å². The molecule has 2 heteroatoms. The summed E-state index contributed by atoms with van der Waals surface area (Å²) >= 11 is 0. The molecule has 31 heavy (non-hydrogen) atoms. The Morgan fingerprint density at radius 2 is 1.03 bits per heavy atom. The van der Waals surface area contributed by atoms with Crippen molar-refractivity contribution in [1.82, 2.24) is 9.97 Å². The largest absolute Gasteiger partial charge is 0.244 e. The maximum Gasteiger partial charge on any atom is 0.0985 e. The number of hydrogen-bond donors (Lipinski definition) is 0. The van der Waals surface area contributed by atoms with Crippen molar-refractivity contribution >= 4 is 32.8 Å². The first-order valence-electron chi connectivity index (χ1n) is 10.5. The first-order chi connectivity index (χ1) is 15.3. The molecular formula is C29H20N2. The summed E-state index contributed by atoms with van der Waals surface area (Å²) in [4.78, 5) is 10.3. The van der Waals surface area contributed by atoms with Crippen LogP contribution in [-0.4, -0.2) is 9.97 Å². The third-order valence-electron chi connectivity index (χ3n) is 5.88. The van der Waals surface area contributed by atoms with Gasteiger partial charge in [-0.25, -0.2) is 9.97 Å². The summed E-state index contributed by atoms with van der Waals surface area (Å²) in [7, 11) is 0. The normalized spacial score (nSPS) is 11.4. The van der Waals surface area contributed by atoms with Crippen molar-refractivity contribution < 1.29 is 0 Å². The van der Waals surface area contributed by atoms with E-state index in [-0.39, 0.29) is 0 Å². The van der Waals surface area contributed by atoms with Gasteiger partial charge in [-0.1, -0.05) is 90.5 Å². The van der Waals surface area contributed by atoms with E-state index in [0.717, 1.165) is 38.6 Å². The van der Waals surface area contributed by atoms with Crippen LogP contribution in [0.2, 0.25) is 0 Å². The fourth-order valence-corrected chi connectivity index (χ4v) is 4.48. The lowest BCUT2D eigenvalue weighted by atomic mass is 9.87. The Morgan fingerprint density at radius 1 is 0.484 bits per heavy atom. The monoisotopic (exact) mass is 396 g/mol. The van der Waals surface area contributed by atoms with Crippen LogP contribution in [-0.2, 0) is 0 Å². The lowest BCUT2D eigenvalue weighted by Crippen LogP contribution is -1.96. The molecule has 0 aliphatic heterocycles. The van der Waals surface area contributed by atoms with Crippen LogP contribution >= 0.6 is 0 Å². The minimum atomic E-state index is 0.915. The van der Waals surface area contributed by atoms with Crippen LogP contribution in [0.4, 0.5) is 0 Å². The van der Waals surface area contributed by atoms with Gasteiger partial charge >= 0.3 is 0 Å². The Morgan fingerprint density at radius 3 is 1.68 bits per heavy atom. The van der Waals surface area contributed by atoms with Gasteiger partial charge < -0.3 is 0 Å². The zero-order valence-corrected chi connectivity index (χ0v) is 17.2. The van der Waals surface area contributed by atoms with E-state index in [1.54, 1.807) is 0 Å². The molecule has 6 aromatic rings. The Labute approximate surface area is 180 Å². The number of hydrogen-bond acceptors (Lipinski definition) is 2. The molecule has 0 spiro atoms. The Bertz CT molecular complexity index is 1570. The SMILES string of the molecule is Cc1ccc2c(-c3ccccc3)c(-c3ccccc3)c3nc4ccccc4nc3c2c1. The first kappa shape index (κ1) is 17.8. The highest BCUT2D eigenvalue weighted by Gasteiger charge is 2.20. The van der Waals surface area contributed by atoms with E-state index in [0.29, 0.717) is 0 Å². The van der Waals surface area contributed by atoms with Crippen LogP contribution in [0.5, 0.6) is 0 Å². The van der Waals surface area contributed by atoms with Crippen LogP contribution in [0.1, 0.15) is 5.56 Å². The predicted molar refractivity (Wildman–Crippen MR) is 130 cm³/mol. The Hall–Kier alpha value is -4.04. The van der Waals surface area contributed by atoms with E-state index >= 15 is 0 Å². The summed E-state index contributed by atoms with van der Waals surface area (Å²) in [6.07, 6.45) is 0. The van der Waals surface area contributed by atoms with Gasteiger partial charge in [0.1, 0.15) is 0 Å². The van der Waals surface area contributed by atoms with Crippen molar-refractivity contribution in [3.63, 3.8) is 0 Å². The van der Waals surface area contributed by atoms with Crippen molar-refractivity contribution in [3.8, 4) is 22.3 Å². The lowest BCUT2D eigenvalue weighted by Gasteiger charge is -2.18. The van der Waals surface area contributed by atoms with Crippen molar-refractivity contribution in [1.29, 1.82) is 0 Å². The fraction of sp³-hybridized carbons (Fsp3) is 0.0345. The van der Waals surface area contributed by atoms with Gasteiger partial charge in [0.2, 0.25) is 0 Å². The predicted octanol–water partition coefficient (Wildman–Crippen LogP) is 7.58. The van der Waals surface area contributed by atoms with Crippen LogP contribution < -0.4 is 0 Å². The molecule has 1 aromatic heterocycles. The molecule has 6 rings (SSSR count). The van der Waals surface area contributed by atoms with Crippen molar-refractivity contribution in [2.45, 2.75) is 6.92 Å². The van der Waals surface area contributed by atoms with Gasteiger partial charge in [0, 0.05) is 10.9 Å². The second-order valence-corrected chi connectivity index (χ2v) is 7.94. The van der Waals surface area contributed by atoms with Gasteiger partial charge in [-0.3, -0.25) is 0 Å². The maximum absolute atomic E-state index is 5.16. The van der Waals surface area contributed by atoms with E-state index in [1.165, 1.54) is 22.1 Å². The Kier molecular flexibility index (Phi) is 4.03. The van der Waals surface area contributed by atoms with E-state index in [2.05, 4.69) is 85.8 Å². The molecule has 2 nitrogen and oxygen atoms in total. The zero-order chi connectivity index (χ0) is 20.8. The van der Waals surface area contributed by atoms with Crippen LogP contribution in [0.25, 0.3) is 55.1 Å². The smallest absolute Gasteiger partial charge is 0.0985 e. The van der Waals surface area contributed by atoms with Crippen LogP contribution in [0.3, 0.4) is 0 Å². The summed E-state index contributed by atoms with van der Waals surface area (Å²) in [5, 5.41) is 2.35. The van der Waals surface area contributed by atoms with E-state index < -0.39 is 0 Å². The van der Waals surface area contributed by atoms with Crippen LogP contribution in [0, 0.1) is 6.92 Å². The number of fused-ring (bicyclic) bond motifs is 4. The van der Waals surface area contributed by atoms with Crippen molar-refractivity contribution in [2.75, 3.05) is 0 Å². The third kappa shape index (κ3) is 2.88. The number of benzene rings is 5. The maximum atomic E-state index is 5.16. The molecule has 0 N–H and O–H groups in total. The molecular weight excluding hydrogens is 376 g/mol. The Balaban J connectivity index is 1.91. The molecule has 0 radical (unpaired) electrons. The molecule has 0 fully saturated rings. The molecule has 0 saturated carbocycles. The van der Waals surface area contributed by atoms with Gasteiger partial charge in [-0.15, -0.1) is 0 Å². The molecule has 0 bridgehead atoms. The number of aryl methyl sites for hydroxylation is 1. The summed E-state index contributed by atoms with van der Waals surface area (Å²) in [6, 6.07) is 36.0. The highest BCUT2D eigenvalue weighted by atomic mass is 14.8. The van der Waals surface area contributed by atoms with Gasteiger partial charge in [0.15, 0.2) is 0 Å². The van der Waals surface area contributed by atoms with Crippen LogP contribution in [0.15, 0.2) is 103 Å². The minimum Gasteiger partial charge on any atom is -0.244 e. The van der Waals surface area contributed by atoms with E-state index in [9.17, 15) is 0 Å². The summed E-state index contributed by atoms with van der Waals surface area (Å²) < 4.78 is 0. The van der Waals surface area contributed by atoms with Gasteiger partial charge in [0.25, 0.3) is 0 Å². The van der Waals surface area contributed by atoms with Crippen molar-refractivity contribution in [3.05, 3.63) is 109 Å². The molecule has 0 unspecified atom stereocenters. The standard InChI is InChI=1S/C29H20N2/c1-19-16-17-22-23(18-19)28-29(31-25-15-9-8-14-24(25)30-28)27(21-12-6-3-7-13-21)26(22)20-10-4-2-5-11-20/h2-18H,1H3. The molecule has 1 heterocycles. The fourth-order valence-electron chi connectivity index (χ4n) is 4.48. The average Bonchev–Trinajstić information content (AvgIpc) is 2.83. The number of aromatic nitrogens is 2. The first-order valence-corrected chi connectivity index (χ1v) is 10.5. The molecule has 5 aromatic carbocycles. The zero-order valence-electron chi connectivity index (χ0n) is 17.2. The second-order valence-electron chi connectivity index (χ2n) is 7.94. The van der Waals surface area contributed by atoms with Gasteiger partial charge in [0.05, 0.1) is 22.1 Å². The molecule has 0 saturated heterocycles. The van der Waals surface area contributed by atoms with E-state index in [4.69, 9.17) is 9.97 Å². The number of para-hydroxylation sites is 2. The molecule has 0 atom stereocenters. The minimum absolute atomic E-state index is 0.915. The summed E-state index contributed by atoms with van der Waals surface area (Å²) in [5.74, 6) is 0. The highest BCUT2D eigenvalue weighted by Crippen LogP contribution is 2.43. The molecule has 146 valence electrons. The highest BCUT2D eigenvalue weighted by molar-refractivity contribution is 6.20. The third-order valence-corrected chi connectivity index (χ3v) is 5.88. The molecule has 0 aliphatic rings. The van der Waals surface area contributed by atoms with Gasteiger partial charge in [-0.2, -0.15) is 0 Å². The second kappa shape index (κ2) is 7.03. The summed E-state index contributed by atoms with van der Waals surface area (Å²) in [5.41, 5.74) is 9.64. The lowest BCUT2D eigenvalue weighted by molar-refractivity contribution is 1.40. The summed E-state index contributed by atoms with van der Waals surface area (Å²) in [6.45, 7) is 2.13.